The van der Waals surface area contributed by atoms with E-state index in [-0.39, 0.29) is 0 Å². The smallest absolute Gasteiger partial charge is 0.000695 e. The molecule has 2 aliphatic carbocycles. The summed E-state index contributed by atoms with van der Waals surface area (Å²) in [6.45, 7) is 0. The molecule has 0 radical (unpaired) electrons. The van der Waals surface area contributed by atoms with Crippen LogP contribution in [0.25, 0.3) is 109 Å². The molecule has 0 aromatic heterocycles. The van der Waals surface area contributed by atoms with Gasteiger partial charge in [0, 0.05) is 0 Å². The summed E-state index contributed by atoms with van der Waals surface area (Å²) >= 11 is 0. The summed E-state index contributed by atoms with van der Waals surface area (Å²) in [7, 11) is 0. The third kappa shape index (κ3) is 2.28. The van der Waals surface area contributed by atoms with Crippen molar-refractivity contribution >= 4 is 64.6 Å². The monoisotopic (exact) mass is 526 g/mol. The summed E-state index contributed by atoms with van der Waals surface area (Å²) in [5, 5.41) is 16.2. The Kier molecular flexibility index (Phi) is 3.67. The zero-order chi connectivity index (χ0) is 27.1. The maximum Gasteiger partial charge on any atom is -0.000695 e. The summed E-state index contributed by atoms with van der Waals surface area (Å²) in [5.41, 5.74) is 11.1. The lowest BCUT2D eigenvalue weighted by Crippen LogP contribution is -1.88. The average molecular weight is 527 g/mol. The highest BCUT2D eigenvalue weighted by Crippen LogP contribution is 2.63. The van der Waals surface area contributed by atoms with E-state index in [1.807, 2.05) is 0 Å². The van der Waals surface area contributed by atoms with Crippen molar-refractivity contribution in [1.82, 2.24) is 0 Å². The maximum absolute atomic E-state index is 2.42. The van der Waals surface area contributed by atoms with Crippen LogP contribution >= 0.6 is 0 Å². The van der Waals surface area contributed by atoms with Crippen LogP contribution in [0.5, 0.6) is 0 Å². The third-order valence-electron chi connectivity index (χ3n) is 10.1. The Bertz CT molecular complexity index is 2530. The second-order valence-electron chi connectivity index (χ2n) is 11.9. The van der Waals surface area contributed by atoms with Crippen molar-refractivity contribution in [1.29, 1.82) is 0 Å². The molecule has 0 unspecified atom stereocenters. The van der Waals surface area contributed by atoms with Gasteiger partial charge in [-0.25, -0.2) is 0 Å². The first-order chi connectivity index (χ1) is 20.9. The largest absolute Gasteiger partial charge is 0.0616 e. The minimum atomic E-state index is 1.33. The van der Waals surface area contributed by atoms with Gasteiger partial charge in [-0.15, -0.1) is 0 Å². The molecule has 190 valence electrons. The van der Waals surface area contributed by atoms with Crippen molar-refractivity contribution in [3.05, 3.63) is 133 Å². The minimum absolute atomic E-state index is 1.33. The molecular formula is C42H22. The van der Waals surface area contributed by atoms with Crippen molar-refractivity contribution in [2.24, 2.45) is 0 Å². The Morgan fingerprint density at radius 2 is 0.429 bits per heavy atom. The van der Waals surface area contributed by atoms with E-state index >= 15 is 0 Å². The molecule has 0 saturated carbocycles. The minimum Gasteiger partial charge on any atom is -0.0616 e. The van der Waals surface area contributed by atoms with Crippen LogP contribution in [0.15, 0.2) is 133 Å². The van der Waals surface area contributed by atoms with Gasteiger partial charge in [0.25, 0.3) is 0 Å². The van der Waals surface area contributed by atoms with Crippen molar-refractivity contribution in [2.45, 2.75) is 0 Å². The lowest BCUT2D eigenvalue weighted by atomic mass is 9.86. The van der Waals surface area contributed by atoms with E-state index in [1.165, 1.54) is 109 Å². The van der Waals surface area contributed by atoms with E-state index in [2.05, 4.69) is 133 Å². The van der Waals surface area contributed by atoms with Crippen LogP contribution in [0.4, 0.5) is 0 Å². The van der Waals surface area contributed by atoms with Gasteiger partial charge in [-0.2, -0.15) is 0 Å². The van der Waals surface area contributed by atoms with E-state index in [0.29, 0.717) is 0 Å². The zero-order valence-corrected chi connectivity index (χ0v) is 22.7. The number of hydrogen-bond acceptors (Lipinski definition) is 0. The molecule has 0 saturated heterocycles. The van der Waals surface area contributed by atoms with E-state index in [4.69, 9.17) is 0 Å². The van der Waals surface area contributed by atoms with Gasteiger partial charge in [-0.3, -0.25) is 0 Å². The topological polar surface area (TPSA) is 0 Å². The van der Waals surface area contributed by atoms with Crippen LogP contribution in [0.1, 0.15) is 0 Å². The van der Waals surface area contributed by atoms with Gasteiger partial charge in [0.1, 0.15) is 0 Å². The summed E-state index contributed by atoms with van der Waals surface area (Å²) in [4.78, 5) is 0. The first kappa shape index (κ1) is 21.3. The van der Waals surface area contributed by atoms with Crippen molar-refractivity contribution < 1.29 is 0 Å². The lowest BCUT2D eigenvalue weighted by Gasteiger charge is -2.16. The number of benzene rings is 9. The van der Waals surface area contributed by atoms with Crippen molar-refractivity contribution in [3.63, 3.8) is 0 Å². The van der Waals surface area contributed by atoms with Crippen LogP contribution in [-0.4, -0.2) is 0 Å². The van der Waals surface area contributed by atoms with Crippen LogP contribution in [0.3, 0.4) is 0 Å². The molecule has 0 nitrogen and oxygen atoms in total. The molecule has 2 aliphatic rings. The molecule has 0 amide bonds. The predicted molar refractivity (Wildman–Crippen MR) is 180 cm³/mol. The second-order valence-corrected chi connectivity index (χ2v) is 11.9. The molecule has 11 rings (SSSR count). The summed E-state index contributed by atoms with van der Waals surface area (Å²) in [6, 6.07) is 50.0. The Balaban J connectivity index is 1.46. The molecule has 0 heterocycles. The Hall–Kier alpha value is -5.46. The van der Waals surface area contributed by atoms with Crippen molar-refractivity contribution in [2.75, 3.05) is 0 Å². The van der Waals surface area contributed by atoms with Gasteiger partial charge in [-0.1, -0.05) is 133 Å². The molecule has 9 aromatic carbocycles. The first-order valence-corrected chi connectivity index (χ1v) is 14.8. The van der Waals surface area contributed by atoms with Gasteiger partial charge in [0.05, 0.1) is 0 Å². The highest BCUT2D eigenvalue weighted by atomic mass is 14.4. The van der Waals surface area contributed by atoms with Crippen LogP contribution in [-0.2, 0) is 0 Å². The maximum atomic E-state index is 2.42. The van der Waals surface area contributed by atoms with E-state index in [1.54, 1.807) is 0 Å². The molecule has 42 heavy (non-hydrogen) atoms. The Morgan fingerprint density at radius 3 is 0.738 bits per heavy atom. The molecular weight excluding hydrogens is 504 g/mol. The highest BCUT2D eigenvalue weighted by molar-refractivity contribution is 6.42. The summed E-state index contributed by atoms with van der Waals surface area (Å²) in [5.74, 6) is 0. The molecule has 0 heteroatoms. The Labute approximate surface area is 242 Å². The molecule has 0 atom stereocenters. The molecule has 0 aliphatic heterocycles. The fraction of sp³-hybridized carbons (Fsp3) is 0. The van der Waals surface area contributed by atoms with Crippen LogP contribution < -0.4 is 0 Å². The fourth-order valence-electron chi connectivity index (χ4n) is 8.61. The normalized spacial score (nSPS) is 12.8. The number of fused-ring (bicyclic) bond motifs is 19. The van der Waals surface area contributed by atoms with Gasteiger partial charge in [-0.05, 0) is 109 Å². The van der Waals surface area contributed by atoms with Gasteiger partial charge in [0.15, 0.2) is 0 Å². The first-order valence-electron chi connectivity index (χ1n) is 14.8. The van der Waals surface area contributed by atoms with E-state index < -0.39 is 0 Å². The molecule has 0 fully saturated rings. The summed E-state index contributed by atoms with van der Waals surface area (Å²) < 4.78 is 0. The van der Waals surface area contributed by atoms with E-state index in [9.17, 15) is 0 Å². The van der Waals surface area contributed by atoms with E-state index in [0.717, 1.165) is 0 Å². The summed E-state index contributed by atoms with van der Waals surface area (Å²) in [6.07, 6.45) is 0. The standard InChI is InChI=1S/C42H22/c1-5-15-27-23(11-1)25-13-3-7-17-29(25)37-35(27)33-21-22-34-36-28-16-6-2-12-24(28)26-14-4-8-18-30(26)38(36)40-32-20-10-9-19-31(32)39(37)41(33)42(34)40/h1-22H. The SMILES string of the molecule is c1ccc2c3c4c(ccc5c4c(c2c1)-c1c-5c2ccccc2c2ccccc12)-c1c-3c2ccccc2c2ccccc12. The van der Waals surface area contributed by atoms with Gasteiger partial charge < -0.3 is 0 Å². The number of rotatable bonds is 0. The van der Waals surface area contributed by atoms with Crippen LogP contribution in [0.2, 0.25) is 0 Å². The quantitative estimate of drug-likeness (QED) is 0.136. The molecule has 0 N–H and O–H groups in total. The molecule has 9 aromatic rings. The van der Waals surface area contributed by atoms with Crippen molar-refractivity contribution in [3.8, 4) is 44.5 Å². The zero-order valence-electron chi connectivity index (χ0n) is 22.7. The average Bonchev–Trinajstić information content (AvgIpc) is 3.60. The fourth-order valence-corrected chi connectivity index (χ4v) is 8.61. The van der Waals surface area contributed by atoms with Gasteiger partial charge in [0.2, 0.25) is 0 Å². The highest BCUT2D eigenvalue weighted by Gasteiger charge is 2.35. The van der Waals surface area contributed by atoms with Crippen LogP contribution in [0, 0.1) is 0 Å². The molecule has 0 bridgehead atoms. The number of hydrogen-bond donors (Lipinski definition) is 0. The predicted octanol–water partition coefficient (Wildman–Crippen LogP) is 11.9. The van der Waals surface area contributed by atoms with Gasteiger partial charge >= 0.3 is 0 Å². The third-order valence-corrected chi connectivity index (χ3v) is 10.1. The Morgan fingerprint density at radius 1 is 0.190 bits per heavy atom. The second kappa shape index (κ2) is 7.24. The lowest BCUT2D eigenvalue weighted by molar-refractivity contribution is 1.74. The molecule has 0 spiro atoms.